The normalized spacial score (nSPS) is 10.5. The van der Waals surface area contributed by atoms with Crippen molar-refractivity contribution in [2.75, 3.05) is 13.0 Å². The molecule has 2 aromatic rings. The number of hydrogen-bond acceptors (Lipinski definition) is 3. The first kappa shape index (κ1) is 10.0. The van der Waals surface area contributed by atoms with E-state index in [0.717, 1.165) is 14.5 Å². The summed E-state index contributed by atoms with van der Waals surface area (Å²) in [7, 11) is 1.58. The van der Waals surface area contributed by atoms with E-state index in [-0.39, 0.29) is 5.56 Å². The number of aromatic nitrogens is 1. The van der Waals surface area contributed by atoms with Crippen LogP contribution in [0.3, 0.4) is 0 Å². The number of ether oxygens (including phenoxy) is 1. The van der Waals surface area contributed by atoms with Crippen LogP contribution in [0.2, 0.25) is 0 Å². The van der Waals surface area contributed by atoms with Crippen molar-refractivity contribution in [3.63, 3.8) is 0 Å². The summed E-state index contributed by atoms with van der Waals surface area (Å²) in [6, 6.07) is 5.22. The molecule has 0 aliphatic heterocycles. The Balaban J connectivity index is 2.90. The quantitative estimate of drug-likeness (QED) is 0.798. The molecular weight excluding hydrogens is 260 g/mol. The lowest BCUT2D eigenvalue weighted by Crippen LogP contribution is -2.26. The zero-order valence-corrected chi connectivity index (χ0v) is 9.61. The minimum atomic E-state index is -0.226. The van der Waals surface area contributed by atoms with E-state index < -0.39 is 0 Å². The summed E-state index contributed by atoms with van der Waals surface area (Å²) in [5.41, 5.74) is -0.226. The number of benzene rings is 1. The van der Waals surface area contributed by atoms with Gasteiger partial charge in [0, 0.05) is 16.1 Å². The molecule has 0 radical (unpaired) electrons. The minimum Gasteiger partial charge on any atom is -0.497 e. The minimum absolute atomic E-state index is 0.226. The van der Waals surface area contributed by atoms with Crippen molar-refractivity contribution in [1.29, 1.82) is 0 Å². The molecule has 0 saturated heterocycles. The van der Waals surface area contributed by atoms with Gasteiger partial charge in [-0.15, -0.1) is 0 Å². The highest BCUT2D eigenvalue weighted by Crippen LogP contribution is 2.24. The van der Waals surface area contributed by atoms with Gasteiger partial charge in [0.15, 0.2) is 0 Å². The summed E-state index contributed by atoms with van der Waals surface area (Å²) in [5, 5.41) is 1.36. The number of nitrogens with zero attached hydrogens (tertiary/aromatic N) is 1. The van der Waals surface area contributed by atoms with Crippen LogP contribution in [0.25, 0.3) is 10.8 Å². The van der Waals surface area contributed by atoms with Crippen molar-refractivity contribution in [3.05, 3.63) is 39.2 Å². The third-order valence-electron chi connectivity index (χ3n) is 2.20. The predicted molar refractivity (Wildman–Crippen MR) is 62.6 cm³/mol. The fourth-order valence-corrected chi connectivity index (χ4v) is 1.97. The molecule has 5 heteroatoms. The monoisotopic (exact) mass is 268 g/mol. The molecule has 0 saturated carbocycles. The zero-order valence-electron chi connectivity index (χ0n) is 8.03. The molecule has 0 aliphatic carbocycles. The number of nitrogen functional groups attached to an aromatic ring is 1. The van der Waals surface area contributed by atoms with Crippen LogP contribution < -0.4 is 16.1 Å². The van der Waals surface area contributed by atoms with Gasteiger partial charge in [-0.05, 0) is 34.1 Å². The predicted octanol–water partition coefficient (Wildman–Crippen LogP) is 1.49. The first-order chi connectivity index (χ1) is 7.13. The van der Waals surface area contributed by atoms with E-state index in [1.807, 2.05) is 0 Å². The fourth-order valence-electron chi connectivity index (χ4n) is 1.42. The lowest BCUT2D eigenvalue weighted by molar-refractivity contribution is 0.415. The van der Waals surface area contributed by atoms with E-state index in [4.69, 9.17) is 10.6 Å². The van der Waals surface area contributed by atoms with Gasteiger partial charge in [-0.2, -0.15) is 0 Å². The third kappa shape index (κ3) is 1.59. The number of halogens is 1. The molecule has 2 N–H and O–H groups in total. The molecule has 0 spiro atoms. The summed E-state index contributed by atoms with van der Waals surface area (Å²) in [4.78, 5) is 11.7. The molecule has 0 unspecified atom stereocenters. The Kier molecular flexibility index (Phi) is 2.40. The molecule has 0 aliphatic rings. The third-order valence-corrected chi connectivity index (χ3v) is 2.83. The van der Waals surface area contributed by atoms with Crippen LogP contribution in [0.5, 0.6) is 5.75 Å². The summed E-state index contributed by atoms with van der Waals surface area (Å²) in [6.45, 7) is 0. The largest absolute Gasteiger partial charge is 0.497 e. The smallest absolute Gasteiger partial charge is 0.276 e. The lowest BCUT2D eigenvalue weighted by Gasteiger charge is -2.06. The van der Waals surface area contributed by atoms with Crippen LogP contribution in [0, 0.1) is 0 Å². The number of rotatable bonds is 1. The number of nitrogens with two attached hydrogens (primary N) is 1. The number of methoxy groups -OCH3 is 1. The van der Waals surface area contributed by atoms with E-state index >= 15 is 0 Å². The highest BCUT2D eigenvalue weighted by atomic mass is 79.9. The van der Waals surface area contributed by atoms with Crippen molar-refractivity contribution < 1.29 is 4.74 Å². The SMILES string of the molecule is COc1ccc2c(=O)n(N)cc(Br)c2c1. The van der Waals surface area contributed by atoms with E-state index in [2.05, 4.69) is 15.9 Å². The maximum Gasteiger partial charge on any atom is 0.276 e. The Morgan fingerprint density at radius 2 is 2.13 bits per heavy atom. The molecule has 4 nitrogen and oxygen atoms in total. The van der Waals surface area contributed by atoms with Gasteiger partial charge < -0.3 is 10.6 Å². The van der Waals surface area contributed by atoms with Gasteiger partial charge in [-0.3, -0.25) is 4.79 Å². The molecule has 0 fully saturated rings. The number of fused-ring (bicyclic) bond motifs is 1. The molecule has 1 aromatic heterocycles. The highest BCUT2D eigenvalue weighted by molar-refractivity contribution is 9.10. The second-order valence-electron chi connectivity index (χ2n) is 3.10. The lowest BCUT2D eigenvalue weighted by atomic mass is 10.2. The van der Waals surface area contributed by atoms with Crippen LogP contribution >= 0.6 is 15.9 Å². The average molecular weight is 269 g/mol. The van der Waals surface area contributed by atoms with Crippen molar-refractivity contribution >= 4 is 26.7 Å². The Morgan fingerprint density at radius 3 is 2.80 bits per heavy atom. The standard InChI is InChI=1S/C10H9BrN2O2/c1-15-6-2-3-7-8(4-6)9(11)5-13(12)10(7)14/h2-5H,12H2,1H3. The van der Waals surface area contributed by atoms with Gasteiger partial charge in [0.05, 0.1) is 12.5 Å². The number of pyridine rings is 1. The second kappa shape index (κ2) is 3.58. The molecule has 1 heterocycles. The van der Waals surface area contributed by atoms with E-state index in [9.17, 15) is 4.79 Å². The highest BCUT2D eigenvalue weighted by Gasteiger charge is 2.06. The van der Waals surface area contributed by atoms with Crippen molar-refractivity contribution in [2.24, 2.45) is 0 Å². The van der Waals surface area contributed by atoms with Crippen molar-refractivity contribution in [3.8, 4) is 5.75 Å². The van der Waals surface area contributed by atoms with Gasteiger partial charge in [0.25, 0.3) is 5.56 Å². The van der Waals surface area contributed by atoms with Gasteiger partial charge in [-0.25, -0.2) is 4.68 Å². The first-order valence-electron chi connectivity index (χ1n) is 4.27. The molecule has 0 bridgehead atoms. The Morgan fingerprint density at radius 1 is 1.40 bits per heavy atom. The van der Waals surface area contributed by atoms with Gasteiger partial charge in [-0.1, -0.05) is 0 Å². The Hall–Kier alpha value is -1.49. The molecule has 2 rings (SSSR count). The Bertz CT molecular complexity index is 577. The summed E-state index contributed by atoms with van der Waals surface area (Å²) in [6.07, 6.45) is 1.53. The van der Waals surface area contributed by atoms with Crippen LogP contribution in [0.1, 0.15) is 0 Å². The van der Waals surface area contributed by atoms with E-state index in [0.29, 0.717) is 11.1 Å². The molecule has 78 valence electrons. The second-order valence-corrected chi connectivity index (χ2v) is 3.96. The Labute approximate surface area is 94.4 Å². The molecule has 0 atom stereocenters. The topological polar surface area (TPSA) is 57.2 Å². The van der Waals surface area contributed by atoms with Gasteiger partial charge >= 0.3 is 0 Å². The fraction of sp³-hybridized carbons (Fsp3) is 0.100. The maximum absolute atomic E-state index is 11.7. The molecule has 0 amide bonds. The summed E-state index contributed by atoms with van der Waals surface area (Å²) >= 11 is 3.35. The van der Waals surface area contributed by atoms with Crippen molar-refractivity contribution in [1.82, 2.24) is 4.68 Å². The van der Waals surface area contributed by atoms with Crippen LogP contribution in [0.4, 0.5) is 0 Å². The zero-order chi connectivity index (χ0) is 11.0. The number of hydrogen-bond donors (Lipinski definition) is 1. The van der Waals surface area contributed by atoms with E-state index in [1.54, 1.807) is 25.3 Å². The molecule has 15 heavy (non-hydrogen) atoms. The van der Waals surface area contributed by atoms with E-state index in [1.165, 1.54) is 6.20 Å². The summed E-state index contributed by atoms with van der Waals surface area (Å²) < 4.78 is 6.90. The molecule has 1 aromatic carbocycles. The van der Waals surface area contributed by atoms with Crippen LogP contribution in [-0.4, -0.2) is 11.8 Å². The van der Waals surface area contributed by atoms with Gasteiger partial charge in [0.1, 0.15) is 5.75 Å². The first-order valence-corrected chi connectivity index (χ1v) is 5.07. The summed E-state index contributed by atoms with van der Waals surface area (Å²) in [5.74, 6) is 6.21. The molecular formula is C10H9BrN2O2. The van der Waals surface area contributed by atoms with Crippen LogP contribution in [0.15, 0.2) is 33.7 Å². The maximum atomic E-state index is 11.7. The van der Waals surface area contributed by atoms with Crippen LogP contribution in [-0.2, 0) is 0 Å². The van der Waals surface area contributed by atoms with Gasteiger partial charge in [0.2, 0.25) is 0 Å². The van der Waals surface area contributed by atoms with Crippen molar-refractivity contribution in [2.45, 2.75) is 0 Å². The average Bonchev–Trinajstić information content (AvgIpc) is 2.25.